The number of amides is 1. The summed E-state index contributed by atoms with van der Waals surface area (Å²) in [6.07, 6.45) is 2.91. The van der Waals surface area contributed by atoms with Gasteiger partial charge in [-0.15, -0.1) is 11.3 Å². The number of thiazole rings is 1. The van der Waals surface area contributed by atoms with Crippen LogP contribution in [0.5, 0.6) is 0 Å². The minimum Gasteiger partial charge on any atom is -0.339 e. The van der Waals surface area contributed by atoms with Crippen molar-refractivity contribution in [2.75, 3.05) is 11.4 Å². The monoisotopic (exact) mass is 442 g/mol. The second kappa shape index (κ2) is 7.67. The Morgan fingerprint density at radius 3 is 2.47 bits per heavy atom. The molecule has 1 atom stereocenters. The highest BCUT2D eigenvalue weighted by molar-refractivity contribution is 7.10. The van der Waals surface area contributed by atoms with Crippen LogP contribution in [0.25, 0.3) is 22.6 Å². The van der Waals surface area contributed by atoms with E-state index in [-0.39, 0.29) is 11.8 Å². The molecule has 2 aromatic heterocycles. The highest BCUT2D eigenvalue weighted by atomic mass is 32.1. The maximum Gasteiger partial charge on any atom is 0.232 e. The third-order valence-electron chi connectivity index (χ3n) is 6.15. The Kier molecular flexibility index (Phi) is 4.64. The smallest absolute Gasteiger partial charge is 0.232 e. The lowest BCUT2D eigenvalue weighted by Crippen LogP contribution is -2.24. The molecular formula is C25H22N4O2S. The van der Waals surface area contributed by atoms with Crippen LogP contribution in [-0.2, 0) is 4.79 Å². The zero-order chi connectivity index (χ0) is 21.7. The fraction of sp³-hybridized carbons (Fsp3) is 0.280. The maximum atomic E-state index is 12.6. The van der Waals surface area contributed by atoms with E-state index in [0.29, 0.717) is 30.6 Å². The van der Waals surface area contributed by atoms with Crippen LogP contribution < -0.4 is 4.90 Å². The van der Waals surface area contributed by atoms with E-state index in [4.69, 9.17) is 9.51 Å². The van der Waals surface area contributed by atoms with Crippen molar-refractivity contribution in [1.29, 1.82) is 0 Å². The Labute approximate surface area is 189 Å². The molecular weight excluding hydrogens is 420 g/mol. The molecule has 6 nitrogen and oxygen atoms in total. The lowest BCUT2D eigenvalue weighted by Gasteiger charge is -2.16. The molecule has 1 saturated heterocycles. The first-order chi connectivity index (χ1) is 15.6. The van der Waals surface area contributed by atoms with Crippen molar-refractivity contribution in [2.24, 2.45) is 0 Å². The van der Waals surface area contributed by atoms with Crippen molar-refractivity contribution >= 4 is 22.9 Å². The molecule has 0 N–H and O–H groups in total. The Bertz CT molecular complexity index is 1270. The predicted molar refractivity (Wildman–Crippen MR) is 124 cm³/mol. The minimum atomic E-state index is -0.0971. The van der Waals surface area contributed by atoms with Gasteiger partial charge in [-0.1, -0.05) is 47.1 Å². The summed E-state index contributed by atoms with van der Waals surface area (Å²) >= 11 is 1.75. The van der Waals surface area contributed by atoms with Gasteiger partial charge in [0.15, 0.2) is 0 Å². The quantitative estimate of drug-likeness (QED) is 0.404. The molecule has 4 aromatic rings. The van der Waals surface area contributed by atoms with Gasteiger partial charge in [0, 0.05) is 41.1 Å². The number of carbonyl (C=O) groups is 1. The fourth-order valence-electron chi connectivity index (χ4n) is 4.09. The predicted octanol–water partition coefficient (Wildman–Crippen LogP) is 5.57. The Morgan fingerprint density at radius 2 is 1.72 bits per heavy atom. The third-order valence-corrected chi connectivity index (χ3v) is 7.16. The van der Waals surface area contributed by atoms with Gasteiger partial charge in [-0.25, -0.2) is 4.98 Å². The van der Waals surface area contributed by atoms with Crippen LogP contribution in [0.2, 0.25) is 0 Å². The molecule has 7 heteroatoms. The lowest BCUT2D eigenvalue weighted by molar-refractivity contribution is -0.117. The number of rotatable bonds is 5. The summed E-state index contributed by atoms with van der Waals surface area (Å²) in [7, 11) is 0. The first-order valence-electron chi connectivity index (χ1n) is 10.9. The minimum absolute atomic E-state index is 0.0804. The second-order valence-corrected chi connectivity index (χ2v) is 9.51. The van der Waals surface area contributed by atoms with E-state index >= 15 is 0 Å². The van der Waals surface area contributed by atoms with Gasteiger partial charge in [0.05, 0.1) is 16.6 Å². The molecule has 2 fully saturated rings. The molecule has 1 aliphatic heterocycles. The van der Waals surface area contributed by atoms with E-state index in [1.807, 2.05) is 43.3 Å². The Hall–Kier alpha value is -3.32. The van der Waals surface area contributed by atoms with E-state index in [1.165, 1.54) is 23.4 Å². The van der Waals surface area contributed by atoms with Crippen molar-refractivity contribution in [3.63, 3.8) is 0 Å². The number of nitrogens with zero attached hydrogens (tertiary/aromatic N) is 4. The number of anilines is 1. The zero-order valence-electron chi connectivity index (χ0n) is 17.7. The van der Waals surface area contributed by atoms with Gasteiger partial charge in [-0.05, 0) is 31.9 Å². The van der Waals surface area contributed by atoms with E-state index in [0.717, 1.165) is 22.5 Å². The molecule has 2 aromatic carbocycles. The van der Waals surface area contributed by atoms with Gasteiger partial charge in [0.2, 0.25) is 17.6 Å². The standard InChI is InChI=1S/C25H22N4O2S/c1-15-2-10-20(11-3-15)29-13-19(12-22(29)30)24-27-23(28-31-24)17-6-4-16(5-7-17)21-14-32-25(26-21)18-8-9-18/h2-7,10-11,14,18-19H,8-9,12-13H2,1H3/t19-/m0/s1. The average Bonchev–Trinajstić information content (AvgIpc) is 3.20. The summed E-state index contributed by atoms with van der Waals surface area (Å²) in [4.78, 5) is 23.8. The van der Waals surface area contributed by atoms with Crippen LogP contribution in [-0.4, -0.2) is 27.6 Å². The molecule has 0 spiro atoms. The van der Waals surface area contributed by atoms with E-state index in [2.05, 4.69) is 27.7 Å². The second-order valence-electron chi connectivity index (χ2n) is 8.62. The molecule has 0 bridgehead atoms. The molecule has 0 unspecified atom stereocenters. The van der Waals surface area contributed by atoms with Crippen LogP contribution in [0.3, 0.4) is 0 Å². The normalized spacial score (nSPS) is 18.5. The summed E-state index contributed by atoms with van der Waals surface area (Å²) in [6.45, 7) is 2.59. The van der Waals surface area contributed by atoms with Crippen molar-refractivity contribution < 1.29 is 9.32 Å². The zero-order valence-corrected chi connectivity index (χ0v) is 18.5. The molecule has 1 aliphatic carbocycles. The molecule has 32 heavy (non-hydrogen) atoms. The Balaban J connectivity index is 1.18. The number of hydrogen-bond donors (Lipinski definition) is 0. The molecule has 6 rings (SSSR count). The van der Waals surface area contributed by atoms with Gasteiger partial charge in [0.25, 0.3) is 0 Å². The van der Waals surface area contributed by atoms with E-state index in [1.54, 1.807) is 16.2 Å². The van der Waals surface area contributed by atoms with Crippen LogP contribution in [0.15, 0.2) is 58.4 Å². The van der Waals surface area contributed by atoms with Gasteiger partial charge in [-0.3, -0.25) is 4.79 Å². The summed E-state index contributed by atoms with van der Waals surface area (Å²) in [5, 5.41) is 7.55. The molecule has 3 heterocycles. The van der Waals surface area contributed by atoms with Gasteiger partial charge in [0.1, 0.15) is 0 Å². The molecule has 1 amide bonds. The number of aromatic nitrogens is 3. The molecule has 2 aliphatic rings. The van der Waals surface area contributed by atoms with Crippen molar-refractivity contribution in [1.82, 2.24) is 15.1 Å². The number of carbonyl (C=O) groups excluding carboxylic acids is 1. The highest BCUT2D eigenvalue weighted by Gasteiger charge is 2.35. The Morgan fingerprint density at radius 1 is 0.969 bits per heavy atom. The van der Waals surface area contributed by atoms with Crippen LogP contribution in [0.1, 0.15) is 47.6 Å². The van der Waals surface area contributed by atoms with Gasteiger partial charge in [-0.2, -0.15) is 4.98 Å². The largest absolute Gasteiger partial charge is 0.339 e. The molecule has 0 radical (unpaired) electrons. The van der Waals surface area contributed by atoms with Gasteiger partial charge >= 0.3 is 0 Å². The first kappa shape index (κ1) is 19.4. The summed E-state index contributed by atoms with van der Waals surface area (Å²) in [6, 6.07) is 16.1. The van der Waals surface area contributed by atoms with E-state index in [9.17, 15) is 4.79 Å². The SMILES string of the molecule is Cc1ccc(N2C[C@@H](c3nc(-c4ccc(-c5csc(C6CC6)n5)cc4)no3)CC2=O)cc1. The summed E-state index contributed by atoms with van der Waals surface area (Å²) in [5.74, 6) is 1.72. The topological polar surface area (TPSA) is 72.1 Å². The highest BCUT2D eigenvalue weighted by Crippen LogP contribution is 2.42. The van der Waals surface area contributed by atoms with Crippen molar-refractivity contribution in [3.8, 4) is 22.6 Å². The van der Waals surface area contributed by atoms with E-state index < -0.39 is 0 Å². The maximum absolute atomic E-state index is 12.6. The third kappa shape index (κ3) is 3.62. The van der Waals surface area contributed by atoms with Crippen LogP contribution in [0, 0.1) is 6.92 Å². The van der Waals surface area contributed by atoms with Crippen molar-refractivity contribution in [2.45, 2.75) is 38.0 Å². The summed E-state index contributed by atoms with van der Waals surface area (Å²) < 4.78 is 5.56. The fourth-order valence-corrected chi connectivity index (χ4v) is 5.09. The van der Waals surface area contributed by atoms with Crippen LogP contribution in [0.4, 0.5) is 5.69 Å². The van der Waals surface area contributed by atoms with Gasteiger partial charge < -0.3 is 9.42 Å². The molecule has 1 saturated carbocycles. The number of hydrogen-bond acceptors (Lipinski definition) is 6. The first-order valence-corrected chi connectivity index (χ1v) is 11.8. The average molecular weight is 443 g/mol. The number of aryl methyl sites for hydroxylation is 1. The molecule has 160 valence electrons. The summed E-state index contributed by atoms with van der Waals surface area (Å²) in [5.41, 5.74) is 5.09. The number of benzene rings is 2. The lowest BCUT2D eigenvalue weighted by atomic mass is 10.1. The van der Waals surface area contributed by atoms with Crippen LogP contribution >= 0.6 is 11.3 Å². The van der Waals surface area contributed by atoms with Crippen molar-refractivity contribution in [3.05, 3.63) is 70.4 Å².